The maximum Gasteiger partial charge on any atom is 0.225 e. The number of carbonyl (C=O) groups is 2. The fourth-order valence-corrected chi connectivity index (χ4v) is 2.09. The maximum absolute atomic E-state index is 11.8. The van der Waals surface area contributed by atoms with Gasteiger partial charge in [0, 0.05) is 45.4 Å². The van der Waals surface area contributed by atoms with E-state index < -0.39 is 0 Å². The van der Waals surface area contributed by atoms with Gasteiger partial charge in [0.1, 0.15) is 5.82 Å². The van der Waals surface area contributed by atoms with Crippen LogP contribution < -0.4 is 5.32 Å². The minimum atomic E-state index is -0.189. The molecular formula is C12H18N4O2. The number of nitrogens with zero attached hydrogens (tertiary/aromatic N) is 2. The second-order valence-electron chi connectivity index (χ2n) is 4.61. The van der Waals surface area contributed by atoms with Gasteiger partial charge in [-0.05, 0) is 6.42 Å². The second kappa shape index (κ2) is 5.66. The summed E-state index contributed by atoms with van der Waals surface area (Å²) in [5.41, 5.74) is 0. The Morgan fingerprint density at radius 1 is 1.67 bits per heavy atom. The van der Waals surface area contributed by atoms with E-state index in [9.17, 15) is 9.59 Å². The number of rotatable bonds is 5. The van der Waals surface area contributed by atoms with Gasteiger partial charge in [0.25, 0.3) is 0 Å². The average Bonchev–Trinajstić information content (AvgIpc) is 2.96. The molecule has 2 amide bonds. The lowest BCUT2D eigenvalue weighted by Gasteiger charge is -2.10. The number of H-pyrrole nitrogens is 1. The highest BCUT2D eigenvalue weighted by molar-refractivity contribution is 5.89. The smallest absolute Gasteiger partial charge is 0.225 e. The highest BCUT2D eigenvalue weighted by Crippen LogP contribution is 2.15. The van der Waals surface area contributed by atoms with Crippen molar-refractivity contribution in [2.24, 2.45) is 5.92 Å². The Bertz CT molecular complexity index is 416. The van der Waals surface area contributed by atoms with Crippen molar-refractivity contribution in [1.29, 1.82) is 0 Å². The number of hydrogen-bond acceptors (Lipinski definition) is 3. The molecule has 18 heavy (non-hydrogen) atoms. The zero-order valence-electron chi connectivity index (χ0n) is 10.5. The summed E-state index contributed by atoms with van der Waals surface area (Å²) in [4.78, 5) is 31.8. The summed E-state index contributed by atoms with van der Waals surface area (Å²) in [6, 6.07) is 0. The molecule has 0 saturated carbocycles. The predicted octanol–water partition coefficient (Wildman–Crippen LogP) is -0.0632. The first-order valence-corrected chi connectivity index (χ1v) is 6.16. The lowest BCUT2D eigenvalue weighted by atomic mass is 10.1. The number of aromatic amines is 1. The van der Waals surface area contributed by atoms with Gasteiger partial charge in [-0.1, -0.05) is 0 Å². The average molecular weight is 250 g/mol. The molecule has 0 aromatic carbocycles. The van der Waals surface area contributed by atoms with Crippen LogP contribution in [-0.2, 0) is 16.0 Å². The Kier molecular flexibility index (Phi) is 3.96. The van der Waals surface area contributed by atoms with Crippen LogP contribution in [0.5, 0.6) is 0 Å². The van der Waals surface area contributed by atoms with Crippen LogP contribution in [0.3, 0.4) is 0 Å². The number of hydrogen-bond donors (Lipinski definition) is 2. The van der Waals surface area contributed by atoms with Crippen molar-refractivity contribution in [3.05, 3.63) is 18.2 Å². The molecule has 1 aromatic rings. The Labute approximate surface area is 106 Å². The standard InChI is InChI=1S/C12H18N4O2/c1-16-8-9(7-11(16)17)12(18)15-4-2-3-10-13-5-6-14-10/h5-6,9H,2-4,7-8H2,1H3,(H,13,14)(H,15,18). The second-order valence-corrected chi connectivity index (χ2v) is 4.61. The minimum Gasteiger partial charge on any atom is -0.356 e. The van der Waals surface area contributed by atoms with Crippen molar-refractivity contribution >= 4 is 11.8 Å². The van der Waals surface area contributed by atoms with Gasteiger partial charge < -0.3 is 15.2 Å². The lowest BCUT2D eigenvalue weighted by molar-refractivity contribution is -0.128. The van der Waals surface area contributed by atoms with Crippen LogP contribution in [0.4, 0.5) is 0 Å². The number of likely N-dealkylation sites (tertiary alicyclic amines) is 1. The molecule has 0 radical (unpaired) electrons. The summed E-state index contributed by atoms with van der Waals surface area (Å²) in [6.45, 7) is 1.15. The molecule has 1 aliphatic rings. The third kappa shape index (κ3) is 3.09. The molecule has 0 aliphatic carbocycles. The molecule has 2 N–H and O–H groups in total. The molecule has 0 bridgehead atoms. The number of carbonyl (C=O) groups excluding carboxylic acids is 2. The molecule has 6 nitrogen and oxygen atoms in total. The van der Waals surface area contributed by atoms with E-state index >= 15 is 0 Å². The molecule has 1 atom stereocenters. The first-order valence-electron chi connectivity index (χ1n) is 6.16. The normalized spacial score (nSPS) is 19.3. The molecular weight excluding hydrogens is 232 g/mol. The number of amides is 2. The monoisotopic (exact) mass is 250 g/mol. The van der Waals surface area contributed by atoms with E-state index in [1.165, 1.54) is 0 Å². The minimum absolute atomic E-state index is 0.0212. The Morgan fingerprint density at radius 2 is 2.50 bits per heavy atom. The van der Waals surface area contributed by atoms with E-state index in [0.717, 1.165) is 18.7 Å². The molecule has 6 heteroatoms. The van der Waals surface area contributed by atoms with E-state index in [1.807, 2.05) is 0 Å². The van der Waals surface area contributed by atoms with Crippen LogP contribution in [0.1, 0.15) is 18.7 Å². The van der Waals surface area contributed by atoms with Gasteiger partial charge in [-0.25, -0.2) is 4.98 Å². The highest BCUT2D eigenvalue weighted by Gasteiger charge is 2.31. The first kappa shape index (κ1) is 12.6. The SMILES string of the molecule is CN1CC(C(=O)NCCCc2ncc[nH]2)CC1=O. The van der Waals surface area contributed by atoms with Crippen LogP contribution in [0.25, 0.3) is 0 Å². The summed E-state index contributed by atoms with van der Waals surface area (Å²) in [5.74, 6) is 0.768. The lowest BCUT2D eigenvalue weighted by Crippen LogP contribution is -2.33. The summed E-state index contributed by atoms with van der Waals surface area (Å²) in [6.07, 6.45) is 5.49. The van der Waals surface area contributed by atoms with Crippen molar-refractivity contribution in [3.63, 3.8) is 0 Å². The third-order valence-corrected chi connectivity index (χ3v) is 3.16. The molecule has 1 saturated heterocycles. The summed E-state index contributed by atoms with van der Waals surface area (Å²) in [5, 5.41) is 2.87. The van der Waals surface area contributed by atoms with Crippen molar-refractivity contribution in [1.82, 2.24) is 20.2 Å². The van der Waals surface area contributed by atoms with E-state index in [1.54, 1.807) is 24.3 Å². The topological polar surface area (TPSA) is 78.1 Å². The maximum atomic E-state index is 11.8. The predicted molar refractivity (Wildman–Crippen MR) is 65.7 cm³/mol. The zero-order chi connectivity index (χ0) is 13.0. The number of aromatic nitrogens is 2. The van der Waals surface area contributed by atoms with E-state index in [-0.39, 0.29) is 17.7 Å². The molecule has 1 aliphatic heterocycles. The fraction of sp³-hybridized carbons (Fsp3) is 0.583. The number of nitrogens with one attached hydrogen (secondary N) is 2. The Morgan fingerprint density at radius 3 is 3.11 bits per heavy atom. The van der Waals surface area contributed by atoms with E-state index in [2.05, 4.69) is 15.3 Å². The van der Waals surface area contributed by atoms with Gasteiger partial charge in [-0.3, -0.25) is 9.59 Å². The molecule has 2 rings (SSSR count). The molecule has 1 aromatic heterocycles. The van der Waals surface area contributed by atoms with E-state index in [4.69, 9.17) is 0 Å². The van der Waals surface area contributed by atoms with Gasteiger partial charge in [-0.2, -0.15) is 0 Å². The van der Waals surface area contributed by atoms with Crippen LogP contribution in [0, 0.1) is 5.92 Å². The number of imidazole rings is 1. The molecule has 1 unspecified atom stereocenters. The third-order valence-electron chi connectivity index (χ3n) is 3.16. The van der Waals surface area contributed by atoms with Crippen molar-refractivity contribution < 1.29 is 9.59 Å². The van der Waals surface area contributed by atoms with Crippen LogP contribution in [0.15, 0.2) is 12.4 Å². The van der Waals surface area contributed by atoms with Crippen LogP contribution in [0.2, 0.25) is 0 Å². The molecule has 98 valence electrons. The summed E-state index contributed by atoms with van der Waals surface area (Å²) in [7, 11) is 1.73. The van der Waals surface area contributed by atoms with Gasteiger partial charge in [0.05, 0.1) is 5.92 Å². The quantitative estimate of drug-likeness (QED) is 0.718. The zero-order valence-corrected chi connectivity index (χ0v) is 10.5. The first-order chi connectivity index (χ1) is 8.66. The van der Waals surface area contributed by atoms with Crippen molar-refractivity contribution in [2.75, 3.05) is 20.1 Å². The van der Waals surface area contributed by atoms with Crippen LogP contribution >= 0.6 is 0 Å². The van der Waals surface area contributed by atoms with Gasteiger partial charge >= 0.3 is 0 Å². The van der Waals surface area contributed by atoms with Crippen molar-refractivity contribution in [3.8, 4) is 0 Å². The summed E-state index contributed by atoms with van der Waals surface area (Å²) >= 11 is 0. The number of aryl methyl sites for hydroxylation is 1. The largest absolute Gasteiger partial charge is 0.356 e. The molecule has 2 heterocycles. The van der Waals surface area contributed by atoms with Crippen LogP contribution in [-0.4, -0.2) is 46.8 Å². The van der Waals surface area contributed by atoms with Crippen molar-refractivity contribution in [2.45, 2.75) is 19.3 Å². The molecule has 1 fully saturated rings. The highest BCUT2D eigenvalue weighted by atomic mass is 16.2. The fourth-order valence-electron chi connectivity index (χ4n) is 2.09. The summed E-state index contributed by atoms with van der Waals surface area (Å²) < 4.78 is 0. The Balaban J connectivity index is 1.65. The van der Waals surface area contributed by atoms with Gasteiger partial charge in [0.15, 0.2) is 0 Å². The van der Waals surface area contributed by atoms with Gasteiger partial charge in [0.2, 0.25) is 11.8 Å². The Hall–Kier alpha value is -1.85. The van der Waals surface area contributed by atoms with E-state index in [0.29, 0.717) is 19.5 Å². The molecule has 0 spiro atoms. The van der Waals surface area contributed by atoms with Gasteiger partial charge in [-0.15, -0.1) is 0 Å².